The Morgan fingerprint density at radius 2 is 1.76 bits per heavy atom. The molecule has 0 bridgehead atoms. The van der Waals surface area contributed by atoms with E-state index < -0.39 is 0 Å². The number of likely N-dealkylation sites (tertiary alicyclic amines) is 1. The molecule has 174 valence electrons. The molecule has 7 nitrogen and oxygen atoms in total. The molecule has 1 saturated heterocycles. The summed E-state index contributed by atoms with van der Waals surface area (Å²) in [5, 5.41) is 10.4. The van der Waals surface area contributed by atoms with Gasteiger partial charge in [-0.15, -0.1) is 10.2 Å². The Morgan fingerprint density at radius 3 is 2.45 bits per heavy atom. The lowest BCUT2D eigenvalue weighted by molar-refractivity contribution is -0.131. The topological polar surface area (TPSA) is 76.8 Å². The van der Waals surface area contributed by atoms with Gasteiger partial charge in [0.05, 0.1) is 11.5 Å². The predicted molar refractivity (Wildman–Crippen MR) is 133 cm³/mol. The lowest BCUT2D eigenvalue weighted by Crippen LogP contribution is -2.42. The van der Waals surface area contributed by atoms with Crippen LogP contribution in [-0.4, -0.2) is 53.9 Å². The summed E-state index contributed by atoms with van der Waals surface area (Å²) in [5.74, 6) is 1.93. The zero-order valence-corrected chi connectivity index (χ0v) is 21.2. The van der Waals surface area contributed by atoms with Crippen LogP contribution in [0.5, 0.6) is 0 Å². The highest BCUT2D eigenvalue weighted by molar-refractivity contribution is 7.99. The van der Waals surface area contributed by atoms with Gasteiger partial charge in [-0.2, -0.15) is 0 Å². The van der Waals surface area contributed by atoms with Crippen LogP contribution in [0.1, 0.15) is 49.0 Å². The molecule has 3 heterocycles. The first-order chi connectivity index (χ1) is 15.9. The smallest absolute Gasteiger partial charge is 0.233 e. The van der Waals surface area contributed by atoms with E-state index in [4.69, 9.17) is 0 Å². The number of carbonyl (C=O) groups excluding carboxylic acids is 1. The number of thioether (sulfide) groups is 2. The van der Waals surface area contributed by atoms with E-state index >= 15 is 0 Å². The van der Waals surface area contributed by atoms with Crippen molar-refractivity contribution in [3.05, 3.63) is 53.1 Å². The van der Waals surface area contributed by atoms with E-state index in [1.165, 1.54) is 23.7 Å². The Morgan fingerprint density at radius 1 is 1.03 bits per heavy atom. The Labute approximate surface area is 203 Å². The summed E-state index contributed by atoms with van der Waals surface area (Å²) in [5.41, 5.74) is 4.08. The van der Waals surface area contributed by atoms with Crippen LogP contribution < -0.4 is 0 Å². The van der Waals surface area contributed by atoms with Crippen molar-refractivity contribution in [2.75, 3.05) is 12.3 Å². The number of carbonyl (C=O) groups is 1. The first-order valence-corrected chi connectivity index (χ1v) is 13.3. The van der Waals surface area contributed by atoms with Gasteiger partial charge in [-0.25, -0.2) is 9.97 Å². The number of amides is 1. The lowest BCUT2D eigenvalue weighted by atomic mass is 10.0. The molecule has 3 aromatic rings. The minimum Gasteiger partial charge on any atom is -0.339 e. The highest BCUT2D eigenvalue weighted by Crippen LogP contribution is 2.27. The van der Waals surface area contributed by atoms with Crippen molar-refractivity contribution in [3.63, 3.8) is 0 Å². The van der Waals surface area contributed by atoms with E-state index in [9.17, 15) is 4.79 Å². The fourth-order valence-electron chi connectivity index (χ4n) is 4.01. The number of nitrogens with zero attached hydrogens (tertiary/aromatic N) is 6. The van der Waals surface area contributed by atoms with Crippen molar-refractivity contribution in [1.82, 2.24) is 29.6 Å². The molecule has 2 aromatic heterocycles. The fourth-order valence-corrected chi connectivity index (χ4v) is 5.72. The average molecular weight is 483 g/mol. The Kier molecular flexibility index (Phi) is 7.70. The van der Waals surface area contributed by atoms with E-state index in [2.05, 4.69) is 58.3 Å². The molecule has 0 radical (unpaired) electrons. The summed E-state index contributed by atoms with van der Waals surface area (Å²) in [4.78, 5) is 23.9. The maximum Gasteiger partial charge on any atom is 0.233 e. The number of hydrogen-bond donors (Lipinski definition) is 0. The minimum absolute atomic E-state index is 0.171. The summed E-state index contributed by atoms with van der Waals surface area (Å²) >= 11 is 3.00. The zero-order valence-electron chi connectivity index (χ0n) is 19.6. The predicted octanol–water partition coefficient (Wildman–Crippen LogP) is 4.77. The average Bonchev–Trinajstić information content (AvgIpc) is 3.19. The number of benzene rings is 1. The summed E-state index contributed by atoms with van der Waals surface area (Å²) in [6.45, 7) is 9.01. The second kappa shape index (κ2) is 10.7. The van der Waals surface area contributed by atoms with Crippen molar-refractivity contribution in [3.8, 4) is 5.69 Å². The highest BCUT2D eigenvalue weighted by Gasteiger charge is 2.24. The van der Waals surface area contributed by atoms with Crippen LogP contribution >= 0.6 is 23.5 Å². The number of aryl methyl sites for hydroxylation is 3. The fraction of sp³-hybridized carbons (Fsp3) is 0.458. The van der Waals surface area contributed by atoms with Crippen LogP contribution in [0.2, 0.25) is 0 Å². The standard InChI is InChI=1S/C24H30N6OS2/c1-16-8-10-20(11-9-16)30-21(14-32-23-25-17(2)13-18(3)26-23)27-28-24(30)33-15-22(31)29-12-6-5-7-19(29)4/h8-11,13,19H,5-7,12,14-15H2,1-4H3/t19-/m1/s1. The van der Waals surface area contributed by atoms with Crippen LogP contribution in [0.25, 0.3) is 5.69 Å². The quantitative estimate of drug-likeness (QED) is 0.355. The van der Waals surface area contributed by atoms with Gasteiger partial charge in [0.25, 0.3) is 0 Å². The van der Waals surface area contributed by atoms with Crippen LogP contribution in [0, 0.1) is 20.8 Å². The molecule has 0 aliphatic carbocycles. The summed E-state index contributed by atoms with van der Waals surface area (Å²) < 4.78 is 2.05. The molecule has 0 N–H and O–H groups in total. The first kappa shape index (κ1) is 23.8. The third kappa shape index (κ3) is 5.95. The molecule has 1 aliphatic heterocycles. The van der Waals surface area contributed by atoms with Crippen LogP contribution in [-0.2, 0) is 10.5 Å². The maximum absolute atomic E-state index is 12.9. The van der Waals surface area contributed by atoms with E-state index in [0.717, 1.165) is 52.6 Å². The third-order valence-electron chi connectivity index (χ3n) is 5.73. The van der Waals surface area contributed by atoms with Gasteiger partial charge in [-0.3, -0.25) is 9.36 Å². The van der Waals surface area contributed by atoms with Gasteiger partial charge in [0.1, 0.15) is 5.82 Å². The molecule has 0 spiro atoms. The van der Waals surface area contributed by atoms with Gasteiger partial charge in [-0.1, -0.05) is 41.2 Å². The first-order valence-electron chi connectivity index (χ1n) is 11.3. The third-order valence-corrected chi connectivity index (χ3v) is 7.49. The van der Waals surface area contributed by atoms with Gasteiger partial charge in [0.15, 0.2) is 10.3 Å². The molecule has 4 rings (SSSR count). The summed E-state index contributed by atoms with van der Waals surface area (Å²) in [6, 6.07) is 10.6. The van der Waals surface area contributed by atoms with Gasteiger partial charge in [0, 0.05) is 29.7 Å². The van der Waals surface area contributed by atoms with E-state index in [1.807, 2.05) is 29.4 Å². The van der Waals surface area contributed by atoms with Crippen LogP contribution in [0.15, 0.2) is 40.6 Å². The summed E-state index contributed by atoms with van der Waals surface area (Å²) in [6.07, 6.45) is 3.37. The van der Waals surface area contributed by atoms with Crippen molar-refractivity contribution < 1.29 is 4.79 Å². The molecule has 1 aromatic carbocycles. The van der Waals surface area contributed by atoms with Crippen molar-refractivity contribution in [2.45, 2.75) is 69.1 Å². The molecule has 9 heteroatoms. The van der Waals surface area contributed by atoms with Crippen molar-refractivity contribution in [2.24, 2.45) is 0 Å². The largest absolute Gasteiger partial charge is 0.339 e. The molecular formula is C24H30N6OS2. The zero-order chi connectivity index (χ0) is 23.4. The maximum atomic E-state index is 12.9. The molecule has 1 amide bonds. The number of rotatable bonds is 7. The molecule has 1 aliphatic rings. The normalized spacial score (nSPS) is 16.2. The molecule has 1 fully saturated rings. The van der Waals surface area contributed by atoms with E-state index in [0.29, 0.717) is 17.5 Å². The summed E-state index contributed by atoms with van der Waals surface area (Å²) in [7, 11) is 0. The molecular weight excluding hydrogens is 452 g/mol. The second-order valence-corrected chi connectivity index (χ2v) is 10.4. The van der Waals surface area contributed by atoms with Gasteiger partial charge in [0.2, 0.25) is 5.91 Å². The molecule has 0 saturated carbocycles. The van der Waals surface area contributed by atoms with Gasteiger partial charge >= 0.3 is 0 Å². The molecule has 1 atom stereocenters. The Balaban J connectivity index is 1.54. The number of aromatic nitrogens is 5. The molecule has 0 unspecified atom stereocenters. The van der Waals surface area contributed by atoms with E-state index in [-0.39, 0.29) is 5.91 Å². The van der Waals surface area contributed by atoms with Crippen LogP contribution in [0.4, 0.5) is 0 Å². The molecule has 33 heavy (non-hydrogen) atoms. The minimum atomic E-state index is 0.171. The monoisotopic (exact) mass is 482 g/mol. The highest BCUT2D eigenvalue weighted by atomic mass is 32.2. The lowest BCUT2D eigenvalue weighted by Gasteiger charge is -2.33. The van der Waals surface area contributed by atoms with Gasteiger partial charge in [-0.05, 0) is 65.2 Å². The Hall–Kier alpha value is -2.39. The van der Waals surface area contributed by atoms with Crippen LogP contribution in [0.3, 0.4) is 0 Å². The number of piperidine rings is 1. The van der Waals surface area contributed by atoms with Crippen molar-refractivity contribution >= 4 is 29.4 Å². The van der Waals surface area contributed by atoms with E-state index in [1.54, 1.807) is 11.8 Å². The van der Waals surface area contributed by atoms with Crippen molar-refractivity contribution in [1.29, 1.82) is 0 Å². The SMILES string of the molecule is Cc1ccc(-n2c(CSc3nc(C)cc(C)n3)nnc2SCC(=O)N2CCCC[C@H]2C)cc1. The second-order valence-electron chi connectivity index (χ2n) is 8.51. The number of hydrogen-bond acceptors (Lipinski definition) is 7. The van der Waals surface area contributed by atoms with Gasteiger partial charge < -0.3 is 4.90 Å². The Bertz CT molecular complexity index is 1090.